The van der Waals surface area contributed by atoms with Gasteiger partial charge in [-0.3, -0.25) is 0 Å². The summed E-state index contributed by atoms with van der Waals surface area (Å²) in [5.74, 6) is 1.01. The van der Waals surface area contributed by atoms with Crippen LogP contribution in [0.1, 0.15) is 19.8 Å². The summed E-state index contributed by atoms with van der Waals surface area (Å²) in [6.07, 6.45) is 1.86. The molecule has 1 aliphatic rings. The maximum absolute atomic E-state index is 12.1. The Bertz CT molecular complexity index is 438. The van der Waals surface area contributed by atoms with Gasteiger partial charge in [0.1, 0.15) is 11.9 Å². The molecular formula is C16H24N2O3. The van der Waals surface area contributed by atoms with Crippen molar-refractivity contribution >= 4 is 6.03 Å². The molecule has 5 heteroatoms. The van der Waals surface area contributed by atoms with Crippen molar-refractivity contribution in [1.29, 1.82) is 0 Å². The maximum Gasteiger partial charge on any atom is 0.317 e. The fourth-order valence-electron chi connectivity index (χ4n) is 2.51. The molecule has 1 saturated heterocycles. The largest absolute Gasteiger partial charge is 0.489 e. The number of likely N-dealkylation sites (tertiary alicyclic amines) is 1. The van der Waals surface area contributed by atoms with E-state index in [0.29, 0.717) is 13.1 Å². The molecule has 0 aromatic heterocycles. The number of ether oxygens (including phenoxy) is 1. The molecule has 0 aliphatic carbocycles. The monoisotopic (exact) mass is 292 g/mol. The van der Waals surface area contributed by atoms with Gasteiger partial charge in [0.25, 0.3) is 0 Å². The van der Waals surface area contributed by atoms with Crippen LogP contribution in [-0.4, -0.2) is 48.4 Å². The molecule has 2 atom stereocenters. The number of carbonyl (C=O) groups is 1. The Morgan fingerprint density at radius 2 is 2.24 bits per heavy atom. The molecule has 1 aliphatic heterocycles. The van der Waals surface area contributed by atoms with Crippen LogP contribution in [0.3, 0.4) is 0 Å². The van der Waals surface area contributed by atoms with E-state index in [2.05, 4.69) is 5.32 Å². The minimum atomic E-state index is -0.0882. The van der Waals surface area contributed by atoms with Crippen LogP contribution in [0.25, 0.3) is 0 Å². The number of urea groups is 1. The predicted octanol–water partition coefficient (Wildman–Crippen LogP) is 1.87. The number of benzene rings is 1. The highest BCUT2D eigenvalue weighted by atomic mass is 16.5. The Hall–Kier alpha value is -1.75. The van der Waals surface area contributed by atoms with Crippen molar-refractivity contribution in [3.63, 3.8) is 0 Å². The lowest BCUT2D eigenvalue weighted by Gasteiger charge is -2.32. The van der Waals surface area contributed by atoms with Crippen molar-refractivity contribution in [1.82, 2.24) is 10.2 Å². The number of nitrogens with one attached hydrogen (secondary N) is 1. The first-order valence-corrected chi connectivity index (χ1v) is 7.54. The highest BCUT2D eigenvalue weighted by Gasteiger charge is 2.23. The van der Waals surface area contributed by atoms with Crippen molar-refractivity contribution in [3.8, 4) is 5.75 Å². The third kappa shape index (κ3) is 4.93. The van der Waals surface area contributed by atoms with Crippen LogP contribution in [0.5, 0.6) is 5.75 Å². The lowest BCUT2D eigenvalue weighted by molar-refractivity contribution is 0.126. The summed E-state index contributed by atoms with van der Waals surface area (Å²) < 4.78 is 5.72. The van der Waals surface area contributed by atoms with Crippen molar-refractivity contribution in [2.75, 3.05) is 26.2 Å². The van der Waals surface area contributed by atoms with Gasteiger partial charge in [-0.1, -0.05) is 18.2 Å². The zero-order chi connectivity index (χ0) is 15.1. The number of hydrogen-bond donors (Lipinski definition) is 2. The maximum atomic E-state index is 12.1. The second kappa shape index (κ2) is 7.88. The fourth-order valence-corrected chi connectivity index (χ4v) is 2.51. The molecule has 116 valence electrons. The molecule has 0 saturated carbocycles. The van der Waals surface area contributed by atoms with Gasteiger partial charge in [0, 0.05) is 19.7 Å². The van der Waals surface area contributed by atoms with Crippen LogP contribution in [0, 0.1) is 5.92 Å². The van der Waals surface area contributed by atoms with Crippen LogP contribution < -0.4 is 10.1 Å². The van der Waals surface area contributed by atoms with Crippen molar-refractivity contribution < 1.29 is 14.6 Å². The van der Waals surface area contributed by atoms with Gasteiger partial charge >= 0.3 is 6.03 Å². The zero-order valence-electron chi connectivity index (χ0n) is 12.5. The first-order chi connectivity index (χ1) is 10.2. The third-order valence-electron chi connectivity index (χ3n) is 3.69. The number of aliphatic hydroxyl groups excluding tert-OH is 1. The van der Waals surface area contributed by atoms with E-state index in [1.807, 2.05) is 37.3 Å². The summed E-state index contributed by atoms with van der Waals surface area (Å²) >= 11 is 0. The number of amides is 2. The standard InChI is InChI=1S/C16H24N2O3/c1-13(21-15-7-3-2-4-8-15)10-17-16(20)18-9-5-6-14(11-18)12-19/h2-4,7-8,13-14,19H,5-6,9-12H2,1H3,(H,17,20). The summed E-state index contributed by atoms with van der Waals surface area (Å²) in [5, 5.41) is 12.1. The minimum absolute atomic E-state index is 0.0725. The minimum Gasteiger partial charge on any atom is -0.489 e. The lowest BCUT2D eigenvalue weighted by Crippen LogP contribution is -2.48. The normalized spacial score (nSPS) is 19.9. The van der Waals surface area contributed by atoms with Crippen molar-refractivity contribution in [3.05, 3.63) is 30.3 Å². The number of nitrogens with zero attached hydrogens (tertiary/aromatic N) is 1. The average molecular weight is 292 g/mol. The molecule has 1 heterocycles. The number of rotatable bonds is 5. The van der Waals surface area contributed by atoms with E-state index in [4.69, 9.17) is 4.74 Å². The smallest absolute Gasteiger partial charge is 0.317 e. The molecule has 2 N–H and O–H groups in total. The van der Waals surface area contributed by atoms with Gasteiger partial charge in [0.05, 0.1) is 6.54 Å². The Kier molecular flexibility index (Phi) is 5.87. The van der Waals surface area contributed by atoms with Crippen molar-refractivity contribution in [2.45, 2.75) is 25.9 Å². The van der Waals surface area contributed by atoms with Gasteiger partial charge in [-0.15, -0.1) is 0 Å². The fraction of sp³-hybridized carbons (Fsp3) is 0.562. The van der Waals surface area contributed by atoms with E-state index >= 15 is 0 Å². The zero-order valence-corrected chi connectivity index (χ0v) is 12.5. The number of aliphatic hydroxyl groups is 1. The van der Waals surface area contributed by atoms with E-state index in [1.54, 1.807) is 4.90 Å². The first kappa shape index (κ1) is 15.6. The van der Waals surface area contributed by atoms with Gasteiger partial charge in [-0.2, -0.15) is 0 Å². The van der Waals surface area contributed by atoms with Gasteiger partial charge in [-0.05, 0) is 37.8 Å². The van der Waals surface area contributed by atoms with Crippen LogP contribution in [0.4, 0.5) is 4.79 Å². The van der Waals surface area contributed by atoms with Gasteiger partial charge < -0.3 is 20.1 Å². The second-order valence-electron chi connectivity index (χ2n) is 5.56. The van der Waals surface area contributed by atoms with Crippen LogP contribution in [0.2, 0.25) is 0 Å². The topological polar surface area (TPSA) is 61.8 Å². The second-order valence-corrected chi connectivity index (χ2v) is 5.56. The molecule has 2 amide bonds. The number of carbonyl (C=O) groups excluding carboxylic acids is 1. The molecule has 1 aromatic carbocycles. The molecule has 1 aromatic rings. The van der Waals surface area contributed by atoms with E-state index in [0.717, 1.165) is 25.1 Å². The van der Waals surface area contributed by atoms with E-state index in [1.165, 1.54) is 0 Å². The Morgan fingerprint density at radius 3 is 2.95 bits per heavy atom. The molecule has 21 heavy (non-hydrogen) atoms. The molecule has 0 radical (unpaired) electrons. The van der Waals surface area contributed by atoms with Gasteiger partial charge in [0.2, 0.25) is 0 Å². The van der Waals surface area contributed by atoms with E-state index < -0.39 is 0 Å². The molecule has 2 unspecified atom stereocenters. The molecule has 1 fully saturated rings. The van der Waals surface area contributed by atoms with Crippen LogP contribution in [0.15, 0.2) is 30.3 Å². The van der Waals surface area contributed by atoms with Crippen LogP contribution in [-0.2, 0) is 0 Å². The Morgan fingerprint density at radius 1 is 1.48 bits per heavy atom. The molecule has 0 bridgehead atoms. The Balaban J connectivity index is 1.73. The summed E-state index contributed by atoms with van der Waals surface area (Å²) in [5.41, 5.74) is 0. The van der Waals surface area contributed by atoms with Gasteiger partial charge in [0.15, 0.2) is 0 Å². The number of hydrogen-bond acceptors (Lipinski definition) is 3. The lowest BCUT2D eigenvalue weighted by atomic mass is 9.99. The quantitative estimate of drug-likeness (QED) is 0.871. The van der Waals surface area contributed by atoms with Crippen molar-refractivity contribution in [2.24, 2.45) is 5.92 Å². The molecular weight excluding hydrogens is 268 g/mol. The van der Waals surface area contributed by atoms with E-state index in [-0.39, 0.29) is 24.7 Å². The number of piperidine rings is 1. The Labute approximate surface area is 125 Å². The SMILES string of the molecule is CC(CNC(=O)N1CCCC(CO)C1)Oc1ccccc1. The molecule has 5 nitrogen and oxygen atoms in total. The molecule has 0 spiro atoms. The van der Waals surface area contributed by atoms with E-state index in [9.17, 15) is 9.90 Å². The summed E-state index contributed by atoms with van der Waals surface area (Å²) in [7, 11) is 0. The summed E-state index contributed by atoms with van der Waals surface area (Å²) in [6, 6.07) is 9.50. The van der Waals surface area contributed by atoms with Gasteiger partial charge in [-0.25, -0.2) is 4.79 Å². The summed E-state index contributed by atoms with van der Waals surface area (Å²) in [4.78, 5) is 13.9. The molecule has 2 rings (SSSR count). The average Bonchev–Trinajstić information content (AvgIpc) is 2.53. The highest BCUT2D eigenvalue weighted by molar-refractivity contribution is 5.74. The predicted molar refractivity (Wildman–Crippen MR) is 81.3 cm³/mol. The first-order valence-electron chi connectivity index (χ1n) is 7.54. The number of para-hydroxylation sites is 1. The highest BCUT2D eigenvalue weighted by Crippen LogP contribution is 2.15. The van der Waals surface area contributed by atoms with Crippen LogP contribution >= 0.6 is 0 Å². The third-order valence-corrected chi connectivity index (χ3v) is 3.69. The summed E-state index contributed by atoms with van der Waals surface area (Å²) in [6.45, 7) is 3.94.